The van der Waals surface area contributed by atoms with Crippen LogP contribution in [-0.2, 0) is 16.0 Å². The Morgan fingerprint density at radius 3 is 2.92 bits per heavy atom. The van der Waals surface area contributed by atoms with Crippen LogP contribution >= 0.6 is 0 Å². The Kier molecular flexibility index (Phi) is 4.38. The minimum absolute atomic E-state index is 0.0886. The molecule has 138 valence electrons. The van der Waals surface area contributed by atoms with Crippen LogP contribution in [0.2, 0.25) is 0 Å². The summed E-state index contributed by atoms with van der Waals surface area (Å²) < 4.78 is 13.3. The third-order valence-corrected chi connectivity index (χ3v) is 5.55. The van der Waals surface area contributed by atoms with Gasteiger partial charge in [-0.3, -0.25) is 9.59 Å². The summed E-state index contributed by atoms with van der Waals surface area (Å²) in [6.07, 6.45) is 2.91. The van der Waals surface area contributed by atoms with Gasteiger partial charge in [-0.1, -0.05) is 0 Å². The molecule has 0 unspecified atom stereocenters. The number of piperidine rings is 1. The van der Waals surface area contributed by atoms with Gasteiger partial charge in [0.05, 0.1) is 11.0 Å². The molecular weight excluding hydrogens is 335 g/mol. The molecule has 0 saturated carbocycles. The number of aromatic amines is 1. The molecular formula is C19H23FN4O2. The summed E-state index contributed by atoms with van der Waals surface area (Å²) in [6, 6.07) is 4.55. The number of carbonyl (C=O) groups excluding carboxylic acids is 2. The molecule has 6 nitrogen and oxygen atoms in total. The van der Waals surface area contributed by atoms with E-state index in [1.54, 1.807) is 13.0 Å². The minimum Gasteiger partial charge on any atom is -0.342 e. The van der Waals surface area contributed by atoms with E-state index in [0.717, 1.165) is 25.9 Å². The molecule has 3 saturated heterocycles. The zero-order chi connectivity index (χ0) is 18.3. The van der Waals surface area contributed by atoms with Crippen LogP contribution in [0.1, 0.15) is 32.0 Å². The summed E-state index contributed by atoms with van der Waals surface area (Å²) in [4.78, 5) is 35.9. The molecule has 1 N–H and O–H groups in total. The van der Waals surface area contributed by atoms with E-state index < -0.39 is 0 Å². The Balaban J connectivity index is 1.42. The molecule has 0 spiro atoms. The standard InChI is InChI=1S/C19H23FN4O2/c1-12(25)23-9-13-2-4-15(11-23)24(10-13)19(26)7-6-18-21-16-5-3-14(20)8-17(16)22-18/h3,5,8,13,15H,2,4,6-7,9-11H2,1H3,(H,21,22)/t13-,15+/m1/s1. The average Bonchev–Trinajstić information content (AvgIpc) is 2.78. The number of hydrogen-bond donors (Lipinski definition) is 1. The quantitative estimate of drug-likeness (QED) is 0.914. The van der Waals surface area contributed by atoms with Crippen molar-refractivity contribution in [2.45, 2.75) is 38.6 Å². The average molecular weight is 358 g/mol. The Labute approximate surface area is 151 Å². The molecule has 26 heavy (non-hydrogen) atoms. The molecule has 1 aromatic carbocycles. The molecule has 7 heteroatoms. The van der Waals surface area contributed by atoms with Crippen LogP contribution in [0, 0.1) is 11.7 Å². The second-order valence-electron chi connectivity index (χ2n) is 7.41. The summed E-state index contributed by atoms with van der Waals surface area (Å²) in [5, 5.41) is 0. The van der Waals surface area contributed by atoms with E-state index in [-0.39, 0.29) is 23.7 Å². The predicted molar refractivity (Wildman–Crippen MR) is 94.9 cm³/mol. The van der Waals surface area contributed by atoms with Crippen molar-refractivity contribution >= 4 is 22.8 Å². The number of hydrogen-bond acceptors (Lipinski definition) is 3. The van der Waals surface area contributed by atoms with Crippen molar-refractivity contribution < 1.29 is 14.0 Å². The maximum Gasteiger partial charge on any atom is 0.223 e. The topological polar surface area (TPSA) is 69.3 Å². The smallest absolute Gasteiger partial charge is 0.223 e. The summed E-state index contributed by atoms with van der Waals surface area (Å²) in [6.45, 7) is 3.73. The fraction of sp³-hybridized carbons (Fsp3) is 0.526. The van der Waals surface area contributed by atoms with Gasteiger partial charge in [0.15, 0.2) is 0 Å². The summed E-state index contributed by atoms with van der Waals surface area (Å²) >= 11 is 0. The molecule has 1 aromatic heterocycles. The third kappa shape index (κ3) is 3.30. The number of amides is 2. The lowest BCUT2D eigenvalue weighted by molar-refractivity contribution is -0.136. The predicted octanol–water partition coefficient (Wildman–Crippen LogP) is 2.10. The zero-order valence-electron chi connectivity index (χ0n) is 14.9. The van der Waals surface area contributed by atoms with Gasteiger partial charge < -0.3 is 14.8 Å². The molecule has 3 fully saturated rings. The molecule has 0 aliphatic carbocycles. The largest absolute Gasteiger partial charge is 0.342 e. The molecule has 2 atom stereocenters. The molecule has 4 heterocycles. The van der Waals surface area contributed by atoms with Gasteiger partial charge in [-0.25, -0.2) is 9.37 Å². The lowest BCUT2D eigenvalue weighted by Gasteiger charge is -2.36. The van der Waals surface area contributed by atoms with Crippen molar-refractivity contribution in [3.8, 4) is 0 Å². The van der Waals surface area contributed by atoms with Crippen molar-refractivity contribution in [1.82, 2.24) is 19.8 Å². The Bertz CT molecular complexity index is 849. The van der Waals surface area contributed by atoms with E-state index in [2.05, 4.69) is 9.97 Å². The van der Waals surface area contributed by atoms with Crippen LogP contribution in [0.25, 0.3) is 11.0 Å². The highest BCUT2D eigenvalue weighted by Crippen LogP contribution is 2.28. The fourth-order valence-corrected chi connectivity index (χ4v) is 4.17. The van der Waals surface area contributed by atoms with Gasteiger partial charge >= 0.3 is 0 Å². The Hall–Kier alpha value is -2.44. The van der Waals surface area contributed by atoms with Crippen molar-refractivity contribution in [2.24, 2.45) is 5.92 Å². The maximum absolute atomic E-state index is 13.3. The van der Waals surface area contributed by atoms with Crippen LogP contribution < -0.4 is 0 Å². The molecule has 2 amide bonds. The van der Waals surface area contributed by atoms with Crippen LogP contribution in [0.5, 0.6) is 0 Å². The third-order valence-electron chi connectivity index (χ3n) is 5.55. The second-order valence-corrected chi connectivity index (χ2v) is 7.41. The molecule has 3 aliphatic rings. The van der Waals surface area contributed by atoms with Gasteiger partial charge in [0.2, 0.25) is 11.8 Å². The SMILES string of the molecule is CC(=O)N1C[C@H]2CC[C@@H](C1)N(C(=O)CCc1nc3ccc(F)cc3[nH]1)C2. The number of nitrogens with zero attached hydrogens (tertiary/aromatic N) is 3. The minimum atomic E-state index is -0.306. The number of aromatic nitrogens is 2. The second kappa shape index (κ2) is 6.70. The van der Waals surface area contributed by atoms with Crippen LogP contribution in [-0.4, -0.2) is 57.3 Å². The van der Waals surface area contributed by atoms with Gasteiger partial charge in [0.1, 0.15) is 11.6 Å². The highest BCUT2D eigenvalue weighted by atomic mass is 19.1. The number of aryl methyl sites for hydroxylation is 1. The number of nitrogens with one attached hydrogen (secondary N) is 1. The van der Waals surface area contributed by atoms with Gasteiger partial charge in [-0.05, 0) is 37.0 Å². The first-order valence-corrected chi connectivity index (χ1v) is 9.18. The molecule has 3 aliphatic heterocycles. The number of H-pyrrole nitrogens is 1. The lowest BCUT2D eigenvalue weighted by atomic mass is 9.94. The normalized spacial score (nSPS) is 22.7. The van der Waals surface area contributed by atoms with Gasteiger partial charge in [0, 0.05) is 45.4 Å². The summed E-state index contributed by atoms with van der Waals surface area (Å²) in [7, 11) is 0. The first kappa shape index (κ1) is 17.0. The van der Waals surface area contributed by atoms with E-state index in [1.165, 1.54) is 12.1 Å². The highest BCUT2D eigenvalue weighted by Gasteiger charge is 2.37. The Morgan fingerprint density at radius 2 is 2.12 bits per heavy atom. The van der Waals surface area contributed by atoms with Crippen LogP contribution in [0.4, 0.5) is 4.39 Å². The molecule has 5 rings (SSSR count). The van der Waals surface area contributed by atoms with Crippen molar-refractivity contribution in [3.05, 3.63) is 29.8 Å². The highest BCUT2D eigenvalue weighted by molar-refractivity contribution is 5.78. The molecule has 2 bridgehead atoms. The maximum atomic E-state index is 13.3. The van der Waals surface area contributed by atoms with Crippen molar-refractivity contribution in [2.75, 3.05) is 19.6 Å². The first-order chi connectivity index (χ1) is 12.5. The van der Waals surface area contributed by atoms with E-state index in [4.69, 9.17) is 0 Å². The van der Waals surface area contributed by atoms with Crippen LogP contribution in [0.3, 0.4) is 0 Å². The molecule has 0 radical (unpaired) electrons. The van der Waals surface area contributed by atoms with E-state index >= 15 is 0 Å². The summed E-state index contributed by atoms with van der Waals surface area (Å²) in [5.41, 5.74) is 1.36. The van der Waals surface area contributed by atoms with Crippen molar-refractivity contribution in [3.63, 3.8) is 0 Å². The molecule has 2 aromatic rings. The van der Waals surface area contributed by atoms with Gasteiger partial charge in [-0.15, -0.1) is 0 Å². The number of carbonyl (C=O) groups is 2. The van der Waals surface area contributed by atoms with Crippen molar-refractivity contribution in [1.29, 1.82) is 0 Å². The number of benzene rings is 1. The Morgan fingerprint density at radius 1 is 1.27 bits per heavy atom. The first-order valence-electron chi connectivity index (χ1n) is 9.18. The summed E-state index contributed by atoms with van der Waals surface area (Å²) in [5.74, 6) is 0.960. The van der Waals surface area contributed by atoms with E-state index in [0.29, 0.717) is 42.2 Å². The lowest BCUT2D eigenvalue weighted by Crippen LogP contribution is -2.47. The van der Waals surface area contributed by atoms with E-state index in [9.17, 15) is 14.0 Å². The monoisotopic (exact) mass is 358 g/mol. The fourth-order valence-electron chi connectivity index (χ4n) is 4.17. The number of fused-ring (bicyclic) bond motifs is 5. The number of halogens is 1. The van der Waals surface area contributed by atoms with Crippen LogP contribution in [0.15, 0.2) is 18.2 Å². The van der Waals surface area contributed by atoms with Gasteiger partial charge in [0.25, 0.3) is 0 Å². The van der Waals surface area contributed by atoms with Gasteiger partial charge in [-0.2, -0.15) is 0 Å². The number of rotatable bonds is 3. The number of imidazole rings is 1. The van der Waals surface area contributed by atoms with E-state index in [1.807, 2.05) is 9.80 Å². The zero-order valence-corrected chi connectivity index (χ0v) is 14.9.